The number of hydrogen-bond donors (Lipinski definition) is 2. The highest BCUT2D eigenvalue weighted by atomic mass is 16.5. The Morgan fingerprint density at radius 3 is 3.04 bits per heavy atom. The van der Waals surface area contributed by atoms with Gasteiger partial charge in [0.25, 0.3) is 0 Å². The van der Waals surface area contributed by atoms with E-state index in [1.807, 2.05) is 30.5 Å². The number of nitrogens with zero attached hydrogens (tertiary/aromatic N) is 3. The number of carbonyl (C=O) groups excluding carboxylic acids is 2. The molecule has 2 saturated heterocycles. The summed E-state index contributed by atoms with van der Waals surface area (Å²) >= 11 is 0. The molecule has 4 rings (SSSR count). The highest BCUT2D eigenvalue weighted by molar-refractivity contribution is 5.82. The first-order valence-electron chi connectivity index (χ1n) is 9.64. The first-order chi connectivity index (χ1) is 13.6. The molecular weight excluding hydrogens is 358 g/mol. The summed E-state index contributed by atoms with van der Waals surface area (Å²) in [5, 5.41) is 10.4. The third-order valence-corrected chi connectivity index (χ3v) is 5.40. The average molecular weight is 383 g/mol. The lowest BCUT2D eigenvalue weighted by molar-refractivity contribution is -0.124. The lowest BCUT2D eigenvalue weighted by atomic mass is 9.99. The van der Waals surface area contributed by atoms with Crippen molar-refractivity contribution in [2.45, 2.75) is 31.8 Å². The fourth-order valence-electron chi connectivity index (χ4n) is 3.91. The first kappa shape index (κ1) is 18.3. The number of methoxy groups -OCH3 is 1. The summed E-state index contributed by atoms with van der Waals surface area (Å²) in [6.07, 6.45) is 6.41. The Kier molecular flexibility index (Phi) is 5.18. The van der Waals surface area contributed by atoms with Crippen LogP contribution in [0.15, 0.2) is 36.7 Å². The number of benzene rings is 1. The maximum atomic E-state index is 12.7. The number of para-hydroxylation sites is 2. The molecule has 8 heteroatoms. The van der Waals surface area contributed by atoms with Gasteiger partial charge in [-0.15, -0.1) is 0 Å². The van der Waals surface area contributed by atoms with Crippen LogP contribution in [0.1, 0.15) is 24.8 Å². The molecule has 0 aliphatic carbocycles. The molecule has 0 radical (unpaired) electrons. The fourth-order valence-corrected chi connectivity index (χ4v) is 3.91. The maximum absolute atomic E-state index is 12.7. The molecule has 28 heavy (non-hydrogen) atoms. The molecular formula is C20H25N5O3. The molecule has 0 saturated carbocycles. The van der Waals surface area contributed by atoms with Gasteiger partial charge in [-0.1, -0.05) is 18.6 Å². The van der Waals surface area contributed by atoms with E-state index in [0.29, 0.717) is 19.6 Å². The molecule has 2 aliphatic rings. The number of likely N-dealkylation sites (tertiary alicyclic amines) is 1. The summed E-state index contributed by atoms with van der Waals surface area (Å²) in [5.41, 5.74) is 1.73. The molecule has 2 bridgehead atoms. The summed E-state index contributed by atoms with van der Waals surface area (Å²) < 4.78 is 7.11. The van der Waals surface area contributed by atoms with E-state index in [1.165, 1.54) is 0 Å². The zero-order valence-corrected chi connectivity index (χ0v) is 15.9. The molecule has 1 aromatic carbocycles. The molecule has 0 spiro atoms. The molecule has 2 aliphatic heterocycles. The number of hydrogen-bond acceptors (Lipinski definition) is 4. The van der Waals surface area contributed by atoms with Crippen LogP contribution in [0, 0.1) is 5.92 Å². The number of aromatic nitrogens is 2. The molecule has 1 aromatic heterocycles. The monoisotopic (exact) mass is 383 g/mol. The predicted molar refractivity (Wildman–Crippen MR) is 103 cm³/mol. The van der Waals surface area contributed by atoms with Crippen molar-refractivity contribution < 1.29 is 14.3 Å². The van der Waals surface area contributed by atoms with Crippen LogP contribution in [0.25, 0.3) is 5.69 Å². The topological polar surface area (TPSA) is 88.5 Å². The van der Waals surface area contributed by atoms with E-state index in [1.54, 1.807) is 22.9 Å². The molecule has 3 amide bonds. The summed E-state index contributed by atoms with van der Waals surface area (Å²) in [6.45, 7) is 1.42. The van der Waals surface area contributed by atoms with E-state index in [0.717, 1.165) is 36.3 Å². The van der Waals surface area contributed by atoms with Crippen LogP contribution < -0.4 is 15.4 Å². The fraction of sp³-hybridized carbons (Fsp3) is 0.450. The van der Waals surface area contributed by atoms with E-state index < -0.39 is 0 Å². The lowest BCUT2D eigenvalue weighted by Gasteiger charge is -2.27. The van der Waals surface area contributed by atoms with Crippen LogP contribution in [0.4, 0.5) is 4.79 Å². The van der Waals surface area contributed by atoms with Crippen LogP contribution in [0.5, 0.6) is 5.75 Å². The second kappa shape index (κ2) is 7.92. The van der Waals surface area contributed by atoms with Crippen molar-refractivity contribution >= 4 is 11.9 Å². The van der Waals surface area contributed by atoms with Crippen LogP contribution in [0.3, 0.4) is 0 Å². The quantitative estimate of drug-likeness (QED) is 0.841. The highest BCUT2D eigenvalue weighted by Gasteiger charge is 2.34. The van der Waals surface area contributed by atoms with E-state index in [9.17, 15) is 9.59 Å². The van der Waals surface area contributed by atoms with Crippen molar-refractivity contribution in [1.29, 1.82) is 0 Å². The van der Waals surface area contributed by atoms with Crippen LogP contribution in [-0.2, 0) is 11.3 Å². The molecule has 148 valence electrons. The second-order valence-corrected chi connectivity index (χ2v) is 7.36. The molecule has 2 atom stereocenters. The van der Waals surface area contributed by atoms with Gasteiger partial charge in [0, 0.05) is 37.4 Å². The van der Waals surface area contributed by atoms with Gasteiger partial charge in [0.2, 0.25) is 5.91 Å². The van der Waals surface area contributed by atoms with Crippen LogP contribution in [0.2, 0.25) is 0 Å². The maximum Gasteiger partial charge on any atom is 0.317 e. The Hall–Kier alpha value is -3.03. The summed E-state index contributed by atoms with van der Waals surface area (Å²) in [4.78, 5) is 26.6. The van der Waals surface area contributed by atoms with Crippen LogP contribution in [-0.4, -0.2) is 52.9 Å². The Labute approximate surface area is 163 Å². The Balaban J connectivity index is 1.39. The van der Waals surface area contributed by atoms with Gasteiger partial charge in [0.15, 0.2) is 0 Å². The molecule has 0 unspecified atom stereocenters. The van der Waals surface area contributed by atoms with E-state index >= 15 is 0 Å². The summed E-state index contributed by atoms with van der Waals surface area (Å²) in [7, 11) is 1.62. The summed E-state index contributed by atoms with van der Waals surface area (Å²) in [5.74, 6) is 0.705. The smallest absolute Gasteiger partial charge is 0.317 e. The van der Waals surface area contributed by atoms with Gasteiger partial charge in [0.05, 0.1) is 19.2 Å². The first-order valence-corrected chi connectivity index (χ1v) is 9.64. The van der Waals surface area contributed by atoms with E-state index in [2.05, 4.69) is 15.7 Å². The Morgan fingerprint density at radius 1 is 1.32 bits per heavy atom. The third-order valence-electron chi connectivity index (χ3n) is 5.40. The molecule has 2 N–H and O–H groups in total. The van der Waals surface area contributed by atoms with Gasteiger partial charge in [-0.05, 0) is 25.0 Å². The van der Waals surface area contributed by atoms with Crippen molar-refractivity contribution in [3.8, 4) is 11.4 Å². The minimum absolute atomic E-state index is 0.0547. The number of rotatable bonds is 4. The minimum Gasteiger partial charge on any atom is -0.494 e. The third kappa shape index (κ3) is 3.81. The number of carbonyl (C=O) groups is 2. The largest absolute Gasteiger partial charge is 0.494 e. The van der Waals surface area contributed by atoms with Crippen molar-refractivity contribution in [2.75, 3.05) is 20.2 Å². The summed E-state index contributed by atoms with van der Waals surface area (Å²) in [6, 6.07) is 7.55. The van der Waals surface area contributed by atoms with Gasteiger partial charge in [0.1, 0.15) is 11.4 Å². The van der Waals surface area contributed by atoms with Gasteiger partial charge in [-0.25, -0.2) is 9.48 Å². The molecule has 8 nitrogen and oxygen atoms in total. The zero-order chi connectivity index (χ0) is 19.5. The lowest BCUT2D eigenvalue weighted by Crippen LogP contribution is -2.46. The van der Waals surface area contributed by atoms with Crippen molar-refractivity contribution in [2.24, 2.45) is 5.92 Å². The SMILES string of the molecule is COc1ccccc1-n1cc(CNC(=O)N2C[C@@H]3CCC[C@H](C2)C(=O)N3)cn1. The number of ether oxygens (including phenoxy) is 1. The average Bonchev–Trinajstić information content (AvgIpc) is 3.02. The molecule has 2 fully saturated rings. The van der Waals surface area contributed by atoms with Crippen molar-refractivity contribution in [1.82, 2.24) is 25.3 Å². The Bertz CT molecular complexity index is 865. The number of nitrogens with one attached hydrogen (secondary N) is 2. The van der Waals surface area contributed by atoms with E-state index in [4.69, 9.17) is 4.74 Å². The van der Waals surface area contributed by atoms with Crippen molar-refractivity contribution in [3.05, 3.63) is 42.2 Å². The Morgan fingerprint density at radius 2 is 2.18 bits per heavy atom. The van der Waals surface area contributed by atoms with Gasteiger partial charge in [-0.3, -0.25) is 4.79 Å². The van der Waals surface area contributed by atoms with Crippen molar-refractivity contribution in [3.63, 3.8) is 0 Å². The van der Waals surface area contributed by atoms with Gasteiger partial charge >= 0.3 is 6.03 Å². The predicted octanol–water partition coefficient (Wildman–Crippen LogP) is 1.69. The number of fused-ring (bicyclic) bond motifs is 3. The van der Waals surface area contributed by atoms with Gasteiger partial charge < -0.3 is 20.3 Å². The highest BCUT2D eigenvalue weighted by Crippen LogP contribution is 2.23. The zero-order valence-electron chi connectivity index (χ0n) is 15.9. The number of urea groups is 1. The molecule has 3 heterocycles. The minimum atomic E-state index is -0.140. The molecule has 2 aromatic rings. The van der Waals surface area contributed by atoms with Gasteiger partial charge in [-0.2, -0.15) is 5.10 Å². The van der Waals surface area contributed by atoms with Crippen LogP contribution >= 0.6 is 0 Å². The standard InChI is InChI=1S/C20H25N5O3/c1-28-18-8-3-2-7-17(18)25-11-14(10-22-25)9-21-20(27)24-12-15-5-4-6-16(13-24)23-19(15)26/h2-3,7-8,10-11,15-16H,4-6,9,12-13H2,1H3,(H,21,27)(H,23,26)/t15-,16+/m1/s1. The normalized spacial score (nSPS) is 21.6. The second-order valence-electron chi connectivity index (χ2n) is 7.36. The number of amides is 3. The van der Waals surface area contributed by atoms with E-state index in [-0.39, 0.29) is 23.9 Å².